The van der Waals surface area contributed by atoms with E-state index >= 15 is 0 Å². The molecule has 0 spiro atoms. The van der Waals surface area contributed by atoms with E-state index in [9.17, 15) is 0 Å². The lowest BCUT2D eigenvalue weighted by atomic mass is 9.79. The van der Waals surface area contributed by atoms with Gasteiger partial charge in [0, 0.05) is 29.2 Å². The Kier molecular flexibility index (Phi) is 5.66. The molecule has 1 aromatic carbocycles. The van der Waals surface area contributed by atoms with Crippen molar-refractivity contribution in [2.75, 3.05) is 21.3 Å². The molecule has 1 fully saturated rings. The van der Waals surface area contributed by atoms with E-state index in [1.165, 1.54) is 0 Å². The average Bonchev–Trinajstić information content (AvgIpc) is 2.48. The van der Waals surface area contributed by atoms with E-state index in [1.807, 2.05) is 12.1 Å². The Labute approximate surface area is 146 Å². The summed E-state index contributed by atoms with van der Waals surface area (Å²) in [7, 11) is 4.93. The highest BCUT2D eigenvalue weighted by Crippen LogP contribution is 2.40. The quantitative estimate of drug-likeness (QED) is 0.836. The Hall–Kier alpha value is -1.46. The Bertz CT molecular complexity index is 554. The maximum atomic E-state index is 5.57. The maximum absolute atomic E-state index is 5.57. The number of rotatable bonds is 6. The van der Waals surface area contributed by atoms with Gasteiger partial charge in [0.05, 0.1) is 21.3 Å². The molecule has 136 valence electrons. The normalized spacial score (nSPS) is 19.8. The van der Waals surface area contributed by atoms with Crippen molar-refractivity contribution in [3.8, 4) is 17.2 Å². The number of nitrogens with one attached hydrogen (secondary N) is 2. The fourth-order valence-corrected chi connectivity index (χ4v) is 4.02. The summed E-state index contributed by atoms with van der Waals surface area (Å²) in [5.41, 5.74) is 1.33. The summed E-state index contributed by atoms with van der Waals surface area (Å²) < 4.78 is 16.4. The minimum atomic E-state index is 0.126. The van der Waals surface area contributed by atoms with E-state index < -0.39 is 0 Å². The molecular weight excluding hydrogens is 304 g/mol. The molecule has 1 aromatic rings. The largest absolute Gasteiger partial charge is 0.493 e. The zero-order valence-electron chi connectivity index (χ0n) is 16.1. The lowest BCUT2D eigenvalue weighted by molar-refractivity contribution is 0.145. The second-order valence-corrected chi connectivity index (χ2v) is 7.87. The fourth-order valence-electron chi connectivity index (χ4n) is 4.02. The predicted molar refractivity (Wildman–Crippen MR) is 97.3 cm³/mol. The zero-order chi connectivity index (χ0) is 18.0. The number of hydrogen-bond acceptors (Lipinski definition) is 5. The van der Waals surface area contributed by atoms with E-state index in [2.05, 4.69) is 38.3 Å². The number of ether oxygens (including phenoxy) is 3. The van der Waals surface area contributed by atoms with Gasteiger partial charge in [0.2, 0.25) is 5.75 Å². The first-order valence-electron chi connectivity index (χ1n) is 8.52. The summed E-state index contributed by atoms with van der Waals surface area (Å²) in [6, 6.07) is 4.41. The highest BCUT2D eigenvalue weighted by atomic mass is 16.5. The molecule has 0 amide bonds. The van der Waals surface area contributed by atoms with Crippen LogP contribution in [0.3, 0.4) is 0 Å². The van der Waals surface area contributed by atoms with Crippen LogP contribution >= 0.6 is 0 Å². The van der Waals surface area contributed by atoms with Crippen LogP contribution in [0.15, 0.2) is 12.1 Å². The highest BCUT2D eigenvalue weighted by Gasteiger charge is 2.37. The molecule has 1 aliphatic heterocycles. The van der Waals surface area contributed by atoms with Crippen molar-refractivity contribution in [1.82, 2.24) is 10.6 Å². The first-order valence-corrected chi connectivity index (χ1v) is 8.52. The molecule has 1 saturated heterocycles. The van der Waals surface area contributed by atoms with Crippen molar-refractivity contribution in [3.63, 3.8) is 0 Å². The number of hydrogen-bond donors (Lipinski definition) is 2. The molecule has 0 atom stereocenters. The topological polar surface area (TPSA) is 51.8 Å². The standard InChI is InChI=1S/C19H32N2O3/c1-18(2)10-14(11-19(3,4)21-18)20-12-13-8-9-15(22-5)17(24-7)16(13)23-6/h8-9,14,20-21H,10-12H2,1-7H3. The van der Waals surface area contributed by atoms with Crippen molar-refractivity contribution in [2.24, 2.45) is 0 Å². The molecule has 1 heterocycles. The van der Waals surface area contributed by atoms with Crippen LogP contribution in [0.1, 0.15) is 46.1 Å². The van der Waals surface area contributed by atoms with E-state index in [0.717, 1.165) is 30.7 Å². The van der Waals surface area contributed by atoms with Crippen molar-refractivity contribution >= 4 is 0 Å². The van der Waals surface area contributed by atoms with Crippen LogP contribution in [0, 0.1) is 0 Å². The van der Waals surface area contributed by atoms with Crippen LogP contribution in [0.2, 0.25) is 0 Å². The number of methoxy groups -OCH3 is 3. The minimum Gasteiger partial charge on any atom is -0.493 e. The minimum absolute atomic E-state index is 0.126. The molecule has 0 saturated carbocycles. The van der Waals surface area contributed by atoms with Gasteiger partial charge < -0.3 is 24.8 Å². The molecule has 2 rings (SSSR count). The molecule has 24 heavy (non-hydrogen) atoms. The molecular formula is C19H32N2O3. The maximum Gasteiger partial charge on any atom is 0.203 e. The van der Waals surface area contributed by atoms with E-state index in [-0.39, 0.29) is 11.1 Å². The third-order valence-corrected chi connectivity index (χ3v) is 4.56. The third kappa shape index (κ3) is 4.33. The van der Waals surface area contributed by atoms with Crippen molar-refractivity contribution in [1.29, 1.82) is 0 Å². The van der Waals surface area contributed by atoms with E-state index in [1.54, 1.807) is 21.3 Å². The lowest BCUT2D eigenvalue weighted by Gasteiger charge is -2.46. The van der Waals surface area contributed by atoms with Gasteiger partial charge in [-0.15, -0.1) is 0 Å². The van der Waals surface area contributed by atoms with Crippen LogP contribution in [0.25, 0.3) is 0 Å². The Morgan fingerprint density at radius 2 is 1.54 bits per heavy atom. The molecule has 0 unspecified atom stereocenters. The second kappa shape index (κ2) is 7.19. The summed E-state index contributed by atoms with van der Waals surface area (Å²) in [5.74, 6) is 2.06. The van der Waals surface area contributed by atoms with Gasteiger partial charge in [0.25, 0.3) is 0 Å². The highest BCUT2D eigenvalue weighted by molar-refractivity contribution is 5.55. The van der Waals surface area contributed by atoms with Crippen LogP contribution in [0.5, 0.6) is 17.2 Å². The summed E-state index contributed by atoms with van der Waals surface area (Å²) in [4.78, 5) is 0. The van der Waals surface area contributed by atoms with Gasteiger partial charge >= 0.3 is 0 Å². The van der Waals surface area contributed by atoms with Crippen molar-refractivity contribution in [3.05, 3.63) is 17.7 Å². The number of benzene rings is 1. The van der Waals surface area contributed by atoms with Gasteiger partial charge in [-0.3, -0.25) is 0 Å². The van der Waals surface area contributed by atoms with Gasteiger partial charge in [-0.1, -0.05) is 6.07 Å². The Morgan fingerprint density at radius 1 is 0.958 bits per heavy atom. The third-order valence-electron chi connectivity index (χ3n) is 4.56. The average molecular weight is 336 g/mol. The van der Waals surface area contributed by atoms with Crippen molar-refractivity contribution < 1.29 is 14.2 Å². The smallest absolute Gasteiger partial charge is 0.203 e. The molecule has 2 N–H and O–H groups in total. The monoisotopic (exact) mass is 336 g/mol. The molecule has 0 aromatic heterocycles. The van der Waals surface area contributed by atoms with Gasteiger partial charge in [0.15, 0.2) is 11.5 Å². The molecule has 0 bridgehead atoms. The Balaban J connectivity index is 2.14. The SMILES string of the molecule is COc1ccc(CNC2CC(C)(C)NC(C)(C)C2)c(OC)c1OC. The van der Waals surface area contributed by atoms with Gasteiger partial charge in [0.1, 0.15) is 0 Å². The first-order chi connectivity index (χ1) is 11.2. The van der Waals surface area contributed by atoms with E-state index in [0.29, 0.717) is 17.5 Å². The fraction of sp³-hybridized carbons (Fsp3) is 0.684. The molecule has 0 aliphatic carbocycles. The molecule has 5 nitrogen and oxygen atoms in total. The molecule has 5 heteroatoms. The summed E-state index contributed by atoms with van der Waals surface area (Å²) in [6.45, 7) is 9.79. The van der Waals surface area contributed by atoms with Crippen molar-refractivity contribution in [2.45, 2.75) is 64.2 Å². The summed E-state index contributed by atoms with van der Waals surface area (Å²) in [6.07, 6.45) is 2.18. The van der Waals surface area contributed by atoms with Crippen LogP contribution in [0.4, 0.5) is 0 Å². The van der Waals surface area contributed by atoms with Crippen LogP contribution in [-0.4, -0.2) is 38.4 Å². The number of piperidine rings is 1. The molecule has 0 radical (unpaired) electrons. The predicted octanol–water partition coefficient (Wildman–Crippen LogP) is 3.11. The van der Waals surface area contributed by atoms with Crippen LogP contribution < -0.4 is 24.8 Å². The van der Waals surface area contributed by atoms with Gasteiger partial charge in [-0.05, 0) is 46.6 Å². The van der Waals surface area contributed by atoms with Crippen LogP contribution in [-0.2, 0) is 6.54 Å². The summed E-state index contributed by atoms with van der Waals surface area (Å²) in [5, 5.41) is 7.41. The first kappa shape index (κ1) is 18.9. The van der Waals surface area contributed by atoms with Gasteiger partial charge in [-0.25, -0.2) is 0 Å². The van der Waals surface area contributed by atoms with E-state index in [4.69, 9.17) is 14.2 Å². The lowest BCUT2D eigenvalue weighted by Crippen LogP contribution is -2.61. The zero-order valence-corrected chi connectivity index (χ0v) is 16.1. The molecule has 1 aliphatic rings. The van der Waals surface area contributed by atoms with Gasteiger partial charge in [-0.2, -0.15) is 0 Å². The second-order valence-electron chi connectivity index (χ2n) is 7.87. The Morgan fingerprint density at radius 3 is 2.04 bits per heavy atom. The summed E-state index contributed by atoms with van der Waals surface area (Å²) >= 11 is 0.